The Bertz CT molecular complexity index is 1170. The van der Waals surface area contributed by atoms with Crippen LogP contribution in [0, 0.1) is 10.1 Å². The number of anilines is 1. The van der Waals surface area contributed by atoms with E-state index in [0.29, 0.717) is 11.3 Å². The zero-order chi connectivity index (χ0) is 21.1. The molecule has 0 saturated carbocycles. The number of hydrogen-bond acceptors (Lipinski definition) is 9. The second-order valence-corrected chi connectivity index (χ2v) is 6.11. The summed E-state index contributed by atoms with van der Waals surface area (Å²) >= 11 is 0. The van der Waals surface area contributed by atoms with Crippen LogP contribution in [0.15, 0.2) is 59.1 Å². The maximum Gasteiger partial charge on any atom is 0.269 e. The molecule has 2 aromatic carbocycles. The minimum Gasteiger partial charge on any atom is -0.474 e. The number of nitrogen functional groups attached to an aromatic ring is 1. The molecular weight excluding hydrogens is 392 g/mol. The predicted octanol–water partition coefficient (Wildman–Crippen LogP) is 2.45. The molecule has 0 aliphatic carbocycles. The van der Waals surface area contributed by atoms with Crippen LogP contribution in [0.3, 0.4) is 0 Å². The average Bonchev–Trinajstić information content (AvgIpc) is 3.37. The van der Waals surface area contributed by atoms with Gasteiger partial charge in [-0.2, -0.15) is 4.98 Å². The van der Waals surface area contributed by atoms with Gasteiger partial charge >= 0.3 is 0 Å². The zero-order valence-electron chi connectivity index (χ0n) is 15.5. The van der Waals surface area contributed by atoms with Gasteiger partial charge in [0.1, 0.15) is 18.0 Å². The Labute approximate surface area is 169 Å². The fourth-order valence-corrected chi connectivity index (χ4v) is 2.80. The van der Waals surface area contributed by atoms with E-state index in [1.165, 1.54) is 28.9 Å². The number of aromatic nitrogens is 4. The summed E-state index contributed by atoms with van der Waals surface area (Å²) in [6.45, 7) is -0.211. The third kappa shape index (κ3) is 3.56. The lowest BCUT2D eigenvalue weighted by molar-refractivity contribution is -0.384. The summed E-state index contributed by atoms with van der Waals surface area (Å²) in [7, 11) is 0. The lowest BCUT2D eigenvalue weighted by Gasteiger charge is -2.02. The molecule has 0 atom stereocenters. The lowest BCUT2D eigenvalue weighted by atomic mass is 10.2. The van der Waals surface area contributed by atoms with Gasteiger partial charge in [-0.15, -0.1) is 5.10 Å². The summed E-state index contributed by atoms with van der Waals surface area (Å²) in [6, 6.07) is 14.9. The summed E-state index contributed by atoms with van der Waals surface area (Å²) in [5, 5.41) is 28.2. The Hall–Kier alpha value is -4.25. The molecule has 11 heteroatoms. The van der Waals surface area contributed by atoms with Gasteiger partial charge in [0, 0.05) is 17.7 Å². The average molecular weight is 408 g/mol. The highest BCUT2D eigenvalue weighted by Gasteiger charge is 2.25. The Kier molecular flexibility index (Phi) is 5.09. The van der Waals surface area contributed by atoms with Gasteiger partial charge in [-0.1, -0.05) is 23.4 Å². The normalized spacial score (nSPS) is 10.8. The van der Waals surface area contributed by atoms with E-state index < -0.39 is 4.92 Å². The number of aliphatic hydroxyl groups excluding tert-OH is 1. The fourth-order valence-electron chi connectivity index (χ4n) is 2.80. The molecule has 0 aliphatic heterocycles. The largest absolute Gasteiger partial charge is 0.474 e. The monoisotopic (exact) mass is 408 g/mol. The number of benzene rings is 2. The molecule has 0 bridgehead atoms. The van der Waals surface area contributed by atoms with Crippen molar-refractivity contribution in [3.63, 3.8) is 0 Å². The quantitative estimate of drug-likeness (QED) is 0.346. The number of aliphatic hydroxyl groups is 1. The predicted molar refractivity (Wildman–Crippen MR) is 106 cm³/mol. The lowest BCUT2D eigenvalue weighted by Crippen LogP contribution is -2.04. The molecule has 3 N–H and O–H groups in total. The number of ether oxygens (including phenoxy) is 1. The van der Waals surface area contributed by atoms with E-state index in [1.54, 1.807) is 0 Å². The highest BCUT2D eigenvalue weighted by atomic mass is 16.6. The Balaban J connectivity index is 1.74. The molecule has 0 amide bonds. The highest BCUT2D eigenvalue weighted by molar-refractivity contribution is 5.75. The topological polar surface area (TPSA) is 155 Å². The maximum absolute atomic E-state index is 10.8. The van der Waals surface area contributed by atoms with Crippen LogP contribution in [0.25, 0.3) is 28.5 Å². The standard InChI is InChI=1S/C19H16N6O5/c20-16-15(19(29-11-10-26)22-24(16)13-4-2-1-3-5-13)18-21-17(23-30-18)12-6-8-14(9-7-12)25(27)28/h1-9,26H,10-11,20H2. The second-order valence-electron chi connectivity index (χ2n) is 6.11. The fraction of sp³-hybridized carbons (Fsp3) is 0.105. The Morgan fingerprint density at radius 2 is 1.90 bits per heavy atom. The minimum absolute atomic E-state index is 0.00158. The third-order valence-corrected chi connectivity index (χ3v) is 4.20. The molecule has 4 rings (SSSR count). The van der Waals surface area contributed by atoms with E-state index in [9.17, 15) is 10.1 Å². The molecule has 152 valence electrons. The van der Waals surface area contributed by atoms with Gasteiger partial charge in [0.2, 0.25) is 11.7 Å². The number of nitrogens with zero attached hydrogens (tertiary/aromatic N) is 5. The van der Waals surface area contributed by atoms with Crippen molar-refractivity contribution in [2.75, 3.05) is 18.9 Å². The summed E-state index contributed by atoms with van der Waals surface area (Å²) < 4.78 is 12.3. The van der Waals surface area contributed by atoms with E-state index in [0.717, 1.165) is 0 Å². The first-order valence-corrected chi connectivity index (χ1v) is 8.85. The van der Waals surface area contributed by atoms with E-state index >= 15 is 0 Å². The van der Waals surface area contributed by atoms with Crippen LogP contribution in [-0.4, -0.2) is 43.2 Å². The summed E-state index contributed by atoms with van der Waals surface area (Å²) in [5.41, 5.74) is 7.76. The number of nitro groups is 1. The summed E-state index contributed by atoms with van der Waals surface area (Å²) in [4.78, 5) is 14.7. The number of hydrogen-bond donors (Lipinski definition) is 2. The molecule has 4 aromatic rings. The molecule has 0 fully saturated rings. The van der Waals surface area contributed by atoms with Crippen molar-refractivity contribution in [1.82, 2.24) is 19.9 Å². The van der Waals surface area contributed by atoms with E-state index in [-0.39, 0.29) is 47.9 Å². The smallest absolute Gasteiger partial charge is 0.269 e. The second kappa shape index (κ2) is 8.01. The number of nitro benzene ring substituents is 1. The molecule has 30 heavy (non-hydrogen) atoms. The van der Waals surface area contributed by atoms with Gasteiger partial charge in [0.15, 0.2) is 0 Å². The van der Waals surface area contributed by atoms with E-state index in [2.05, 4.69) is 15.2 Å². The highest BCUT2D eigenvalue weighted by Crippen LogP contribution is 2.36. The zero-order valence-corrected chi connectivity index (χ0v) is 15.5. The van der Waals surface area contributed by atoms with Crippen LogP contribution in [0.2, 0.25) is 0 Å². The number of rotatable bonds is 7. The van der Waals surface area contributed by atoms with Gasteiger partial charge in [0.05, 0.1) is 17.2 Å². The van der Waals surface area contributed by atoms with Crippen molar-refractivity contribution < 1.29 is 19.3 Å². The molecule has 0 spiro atoms. The third-order valence-electron chi connectivity index (χ3n) is 4.20. The van der Waals surface area contributed by atoms with E-state index in [4.69, 9.17) is 20.1 Å². The Morgan fingerprint density at radius 1 is 1.17 bits per heavy atom. The van der Waals surface area contributed by atoms with E-state index in [1.807, 2.05) is 30.3 Å². The van der Waals surface area contributed by atoms with Crippen LogP contribution < -0.4 is 10.5 Å². The SMILES string of the molecule is Nc1c(-c2nc(-c3ccc([N+](=O)[O-])cc3)no2)c(OCCO)nn1-c1ccccc1. The molecule has 0 radical (unpaired) electrons. The number of para-hydroxylation sites is 1. The van der Waals surface area contributed by atoms with Crippen molar-refractivity contribution in [3.8, 4) is 34.4 Å². The molecule has 2 aromatic heterocycles. The van der Waals surface area contributed by atoms with Gasteiger partial charge < -0.3 is 20.1 Å². The number of non-ortho nitro benzene ring substituents is 1. The van der Waals surface area contributed by atoms with Crippen LogP contribution in [0.5, 0.6) is 5.88 Å². The van der Waals surface area contributed by atoms with Gasteiger partial charge in [-0.3, -0.25) is 10.1 Å². The van der Waals surface area contributed by atoms with Crippen molar-refractivity contribution >= 4 is 11.5 Å². The summed E-state index contributed by atoms with van der Waals surface area (Å²) in [5.74, 6) is 0.633. The van der Waals surface area contributed by atoms with Crippen molar-refractivity contribution in [1.29, 1.82) is 0 Å². The molecule has 2 heterocycles. The van der Waals surface area contributed by atoms with Crippen molar-refractivity contribution in [2.24, 2.45) is 0 Å². The summed E-state index contributed by atoms with van der Waals surface area (Å²) in [6.07, 6.45) is 0. The maximum atomic E-state index is 10.8. The first-order chi connectivity index (χ1) is 14.6. The van der Waals surface area contributed by atoms with Gasteiger partial charge in [-0.05, 0) is 24.3 Å². The Morgan fingerprint density at radius 3 is 2.57 bits per heavy atom. The molecule has 0 saturated heterocycles. The minimum atomic E-state index is -0.491. The first kappa shape index (κ1) is 19.1. The van der Waals surface area contributed by atoms with Crippen LogP contribution in [0.1, 0.15) is 0 Å². The van der Waals surface area contributed by atoms with Crippen LogP contribution in [0.4, 0.5) is 11.5 Å². The molecule has 0 aliphatic rings. The van der Waals surface area contributed by atoms with Crippen molar-refractivity contribution in [3.05, 3.63) is 64.7 Å². The van der Waals surface area contributed by atoms with Crippen LogP contribution in [-0.2, 0) is 0 Å². The molecule has 0 unspecified atom stereocenters. The van der Waals surface area contributed by atoms with Gasteiger partial charge in [-0.25, -0.2) is 4.68 Å². The molecular formula is C19H16N6O5. The van der Waals surface area contributed by atoms with Crippen molar-refractivity contribution in [2.45, 2.75) is 0 Å². The molecule has 11 nitrogen and oxygen atoms in total. The number of nitrogens with two attached hydrogens (primary N) is 1. The van der Waals surface area contributed by atoms with Gasteiger partial charge in [0.25, 0.3) is 11.6 Å². The first-order valence-electron chi connectivity index (χ1n) is 8.85. The van der Waals surface area contributed by atoms with Crippen LogP contribution >= 0.6 is 0 Å².